The van der Waals surface area contributed by atoms with Crippen LogP contribution in [0, 0.1) is 0 Å². The molecular formula is C25H24N2O3S. The number of benzene rings is 2. The van der Waals surface area contributed by atoms with Crippen molar-refractivity contribution in [3.8, 4) is 5.75 Å². The van der Waals surface area contributed by atoms with Crippen LogP contribution >= 0.6 is 11.3 Å². The second-order valence-electron chi connectivity index (χ2n) is 7.19. The molecule has 158 valence electrons. The average Bonchev–Trinajstić information content (AvgIpc) is 3.39. The molecule has 5 nitrogen and oxygen atoms in total. The Kier molecular flexibility index (Phi) is 6.18. The summed E-state index contributed by atoms with van der Waals surface area (Å²) in [5.41, 5.74) is 3.08. The van der Waals surface area contributed by atoms with E-state index in [1.807, 2.05) is 73.0 Å². The molecule has 0 aliphatic carbocycles. The minimum Gasteiger partial charge on any atom is -0.494 e. The number of aryl methyl sites for hydroxylation is 1. The monoisotopic (exact) mass is 432 g/mol. The first-order chi connectivity index (χ1) is 15.1. The molecule has 0 spiro atoms. The van der Waals surface area contributed by atoms with Crippen molar-refractivity contribution < 1.29 is 14.3 Å². The van der Waals surface area contributed by atoms with Crippen molar-refractivity contribution in [1.29, 1.82) is 0 Å². The fraction of sp³-hybridized carbons (Fsp3) is 0.200. The van der Waals surface area contributed by atoms with Crippen LogP contribution in [0.25, 0.3) is 5.57 Å². The van der Waals surface area contributed by atoms with Gasteiger partial charge in [-0.15, -0.1) is 11.3 Å². The van der Waals surface area contributed by atoms with Crippen molar-refractivity contribution >= 4 is 40.1 Å². The zero-order chi connectivity index (χ0) is 21.8. The molecular weight excluding hydrogens is 408 g/mol. The minimum absolute atomic E-state index is 0.277. The standard InChI is InChI=1S/C25H24N2O3S/c1-3-14-30-20-8-5-7-18(16-20)26-23-22(21-9-6-15-31-21)24(28)27(25(23)29)19-12-10-17(4-2)11-13-19/h5-13,15-16,26H,3-4,14H2,1-2H3. The smallest absolute Gasteiger partial charge is 0.282 e. The Balaban J connectivity index is 1.70. The highest BCUT2D eigenvalue weighted by Gasteiger charge is 2.40. The van der Waals surface area contributed by atoms with Gasteiger partial charge in [0.05, 0.1) is 17.9 Å². The average molecular weight is 433 g/mol. The predicted molar refractivity (Wildman–Crippen MR) is 125 cm³/mol. The molecule has 4 rings (SSSR count). The topological polar surface area (TPSA) is 58.6 Å². The summed E-state index contributed by atoms with van der Waals surface area (Å²) < 4.78 is 5.70. The number of anilines is 2. The number of carbonyl (C=O) groups is 2. The van der Waals surface area contributed by atoms with E-state index in [-0.39, 0.29) is 17.5 Å². The van der Waals surface area contributed by atoms with Crippen LogP contribution in [0.5, 0.6) is 5.75 Å². The van der Waals surface area contributed by atoms with E-state index in [1.165, 1.54) is 16.2 Å². The third-order valence-electron chi connectivity index (χ3n) is 5.03. The molecule has 2 aromatic carbocycles. The Labute approximate surface area is 186 Å². The highest BCUT2D eigenvalue weighted by Crippen LogP contribution is 2.36. The quantitative estimate of drug-likeness (QED) is 0.478. The third-order valence-corrected chi connectivity index (χ3v) is 5.92. The van der Waals surface area contributed by atoms with Crippen LogP contribution < -0.4 is 15.0 Å². The predicted octanol–water partition coefficient (Wildman–Crippen LogP) is 5.50. The Hall–Kier alpha value is -3.38. The molecule has 0 saturated heterocycles. The first-order valence-electron chi connectivity index (χ1n) is 10.4. The first-order valence-corrected chi connectivity index (χ1v) is 11.3. The SMILES string of the molecule is CCCOc1cccc(NC2=C(c3cccs3)C(=O)N(c3ccc(CC)cc3)C2=O)c1. The molecule has 6 heteroatoms. The fourth-order valence-electron chi connectivity index (χ4n) is 3.44. The lowest BCUT2D eigenvalue weighted by atomic mass is 10.1. The van der Waals surface area contributed by atoms with Crippen molar-refractivity contribution in [2.45, 2.75) is 26.7 Å². The van der Waals surface area contributed by atoms with Gasteiger partial charge in [0.2, 0.25) is 0 Å². The van der Waals surface area contributed by atoms with Crippen molar-refractivity contribution in [2.75, 3.05) is 16.8 Å². The summed E-state index contributed by atoms with van der Waals surface area (Å²) in [5.74, 6) is 0.0315. The highest BCUT2D eigenvalue weighted by molar-refractivity contribution is 7.11. The molecule has 0 radical (unpaired) electrons. The van der Waals surface area contributed by atoms with Gasteiger partial charge in [-0.3, -0.25) is 9.59 Å². The molecule has 31 heavy (non-hydrogen) atoms. The molecule has 0 unspecified atom stereocenters. The normalized spacial score (nSPS) is 13.8. The Morgan fingerprint density at radius 3 is 2.45 bits per heavy atom. The lowest BCUT2D eigenvalue weighted by molar-refractivity contribution is -0.120. The molecule has 0 bridgehead atoms. The van der Waals surface area contributed by atoms with Gasteiger partial charge >= 0.3 is 0 Å². The number of carbonyl (C=O) groups excluding carboxylic acids is 2. The lowest BCUT2D eigenvalue weighted by Crippen LogP contribution is -2.32. The van der Waals surface area contributed by atoms with Gasteiger partial charge in [0.1, 0.15) is 11.4 Å². The first kappa shape index (κ1) is 20.9. The van der Waals surface area contributed by atoms with Gasteiger partial charge in [0.15, 0.2) is 0 Å². The van der Waals surface area contributed by atoms with Crippen LogP contribution in [0.15, 0.2) is 71.7 Å². The van der Waals surface area contributed by atoms with E-state index in [4.69, 9.17) is 4.74 Å². The molecule has 1 aliphatic heterocycles. The fourth-order valence-corrected chi connectivity index (χ4v) is 4.21. The maximum absolute atomic E-state index is 13.4. The number of hydrogen-bond donors (Lipinski definition) is 1. The van der Waals surface area contributed by atoms with Gasteiger partial charge in [-0.1, -0.05) is 38.1 Å². The molecule has 0 fully saturated rings. The summed E-state index contributed by atoms with van der Waals surface area (Å²) >= 11 is 1.44. The van der Waals surface area contributed by atoms with Crippen LogP contribution in [0.3, 0.4) is 0 Å². The van der Waals surface area contributed by atoms with Gasteiger partial charge < -0.3 is 10.1 Å². The second-order valence-corrected chi connectivity index (χ2v) is 8.14. The Morgan fingerprint density at radius 1 is 0.968 bits per heavy atom. The molecule has 2 heterocycles. The van der Waals surface area contributed by atoms with Crippen LogP contribution in [0.1, 0.15) is 30.7 Å². The molecule has 1 aromatic heterocycles. The second kappa shape index (κ2) is 9.18. The van der Waals surface area contributed by atoms with Crippen molar-refractivity contribution in [3.05, 3.63) is 82.2 Å². The Bertz CT molecular complexity index is 1120. The Morgan fingerprint density at radius 2 is 1.77 bits per heavy atom. The summed E-state index contributed by atoms with van der Waals surface area (Å²) in [4.78, 5) is 28.8. The summed E-state index contributed by atoms with van der Waals surface area (Å²) in [5, 5.41) is 5.09. The van der Waals surface area contributed by atoms with Crippen LogP contribution in [-0.2, 0) is 16.0 Å². The van der Waals surface area contributed by atoms with Crippen LogP contribution in [0.4, 0.5) is 11.4 Å². The number of amides is 2. The van der Waals surface area contributed by atoms with E-state index < -0.39 is 0 Å². The minimum atomic E-state index is -0.363. The van der Waals surface area contributed by atoms with Gasteiger partial charge in [0.25, 0.3) is 11.8 Å². The van der Waals surface area contributed by atoms with Crippen LogP contribution in [0.2, 0.25) is 0 Å². The van der Waals surface area contributed by atoms with E-state index in [0.29, 0.717) is 29.3 Å². The largest absolute Gasteiger partial charge is 0.494 e. The van der Waals surface area contributed by atoms with E-state index in [9.17, 15) is 9.59 Å². The van der Waals surface area contributed by atoms with Gasteiger partial charge in [-0.2, -0.15) is 0 Å². The molecule has 3 aromatic rings. The number of hydrogen-bond acceptors (Lipinski definition) is 5. The van der Waals surface area contributed by atoms with Gasteiger partial charge in [-0.25, -0.2) is 4.90 Å². The summed E-state index contributed by atoms with van der Waals surface area (Å²) in [7, 11) is 0. The number of rotatable bonds is 8. The number of nitrogens with one attached hydrogen (secondary N) is 1. The molecule has 0 atom stereocenters. The number of imide groups is 1. The third kappa shape index (κ3) is 4.25. The maximum Gasteiger partial charge on any atom is 0.282 e. The van der Waals surface area contributed by atoms with Gasteiger partial charge in [0, 0.05) is 16.6 Å². The zero-order valence-electron chi connectivity index (χ0n) is 17.6. The molecule has 2 amide bonds. The van der Waals surface area contributed by atoms with Crippen molar-refractivity contribution in [2.24, 2.45) is 0 Å². The van der Waals surface area contributed by atoms with Crippen molar-refractivity contribution in [3.63, 3.8) is 0 Å². The van der Waals surface area contributed by atoms with Crippen molar-refractivity contribution in [1.82, 2.24) is 0 Å². The van der Waals surface area contributed by atoms with E-state index in [0.717, 1.165) is 23.3 Å². The van der Waals surface area contributed by atoms with E-state index >= 15 is 0 Å². The summed E-state index contributed by atoms with van der Waals surface area (Å²) in [6.45, 7) is 4.73. The lowest BCUT2D eigenvalue weighted by Gasteiger charge is -2.16. The molecule has 0 saturated carbocycles. The number of nitrogens with zero attached hydrogens (tertiary/aromatic N) is 1. The summed E-state index contributed by atoms with van der Waals surface area (Å²) in [6, 6.07) is 18.7. The number of thiophene rings is 1. The van der Waals surface area contributed by atoms with Gasteiger partial charge in [-0.05, 0) is 54.1 Å². The number of ether oxygens (including phenoxy) is 1. The van der Waals surface area contributed by atoms with Crippen LogP contribution in [-0.4, -0.2) is 18.4 Å². The molecule has 1 aliphatic rings. The van der Waals surface area contributed by atoms with E-state index in [2.05, 4.69) is 12.2 Å². The molecule has 1 N–H and O–H groups in total. The zero-order valence-corrected chi connectivity index (χ0v) is 18.4. The maximum atomic E-state index is 13.4. The highest BCUT2D eigenvalue weighted by atomic mass is 32.1. The van der Waals surface area contributed by atoms with E-state index in [1.54, 1.807) is 0 Å². The summed E-state index contributed by atoms with van der Waals surface area (Å²) in [6.07, 6.45) is 1.80.